The molecule has 0 bridgehead atoms. The van der Waals surface area contributed by atoms with E-state index in [4.69, 9.17) is 0 Å². The third kappa shape index (κ3) is 2.53. The number of nitrogens with zero attached hydrogens (tertiary/aromatic N) is 2. The molecule has 86 valence electrons. The number of hydrogen-bond donors (Lipinski definition) is 0. The van der Waals surface area contributed by atoms with Crippen molar-refractivity contribution in [2.75, 3.05) is 26.7 Å². The van der Waals surface area contributed by atoms with Gasteiger partial charge in [-0.05, 0) is 39.3 Å². The van der Waals surface area contributed by atoms with Crippen LogP contribution in [0.25, 0.3) is 0 Å². The Morgan fingerprint density at radius 2 is 2.00 bits per heavy atom. The summed E-state index contributed by atoms with van der Waals surface area (Å²) in [6.07, 6.45) is 4.54. The maximum absolute atomic E-state index is 12.0. The van der Waals surface area contributed by atoms with Gasteiger partial charge in [0.15, 0.2) is 0 Å². The predicted octanol–water partition coefficient (Wildman–Crippen LogP) is 1.47. The average Bonchev–Trinajstić information content (AvgIpc) is 2.22. The molecule has 2 unspecified atom stereocenters. The summed E-state index contributed by atoms with van der Waals surface area (Å²) >= 11 is 3.47. The van der Waals surface area contributed by atoms with E-state index in [0.717, 1.165) is 25.9 Å². The molecule has 0 aromatic rings. The highest BCUT2D eigenvalue weighted by Crippen LogP contribution is 2.24. The van der Waals surface area contributed by atoms with Crippen LogP contribution in [0.15, 0.2) is 0 Å². The topological polar surface area (TPSA) is 23.6 Å². The normalized spacial score (nSPS) is 34.5. The van der Waals surface area contributed by atoms with Gasteiger partial charge in [0.1, 0.15) is 0 Å². The van der Waals surface area contributed by atoms with Crippen LogP contribution in [-0.4, -0.2) is 53.3 Å². The number of alkyl halides is 1. The standard InChI is InChI=1S/C11H19BrN2O/c1-13-6-2-4-9(8-13)14-7-3-5-10(12)11(14)15/h9-10H,2-8H2,1H3. The molecule has 0 aromatic carbocycles. The largest absolute Gasteiger partial charge is 0.337 e. The lowest BCUT2D eigenvalue weighted by Gasteiger charge is -2.41. The van der Waals surface area contributed by atoms with Crippen molar-refractivity contribution in [3.8, 4) is 0 Å². The SMILES string of the molecule is CN1CCCC(N2CCCC(Br)C2=O)C1. The Balaban J connectivity index is 1.99. The van der Waals surface area contributed by atoms with Gasteiger partial charge in [0.2, 0.25) is 5.91 Å². The fourth-order valence-electron chi connectivity index (χ4n) is 2.61. The minimum Gasteiger partial charge on any atom is -0.337 e. The van der Waals surface area contributed by atoms with Crippen LogP contribution >= 0.6 is 15.9 Å². The average molecular weight is 275 g/mol. The Morgan fingerprint density at radius 1 is 1.27 bits per heavy atom. The molecule has 15 heavy (non-hydrogen) atoms. The van der Waals surface area contributed by atoms with Crippen molar-refractivity contribution in [3.63, 3.8) is 0 Å². The van der Waals surface area contributed by atoms with Gasteiger partial charge in [-0.3, -0.25) is 4.79 Å². The zero-order valence-corrected chi connectivity index (χ0v) is 10.9. The van der Waals surface area contributed by atoms with E-state index in [0.29, 0.717) is 11.9 Å². The second-order valence-corrected chi connectivity index (χ2v) is 5.81. The summed E-state index contributed by atoms with van der Waals surface area (Å²) in [7, 11) is 2.15. The lowest BCUT2D eigenvalue weighted by Crippen LogP contribution is -2.53. The Morgan fingerprint density at radius 3 is 2.73 bits per heavy atom. The molecule has 0 saturated carbocycles. The summed E-state index contributed by atoms with van der Waals surface area (Å²) in [5, 5.41) is 0. The van der Waals surface area contributed by atoms with Gasteiger partial charge in [-0.15, -0.1) is 0 Å². The van der Waals surface area contributed by atoms with E-state index in [1.54, 1.807) is 0 Å². The molecule has 2 heterocycles. The highest BCUT2D eigenvalue weighted by Gasteiger charge is 2.33. The van der Waals surface area contributed by atoms with Gasteiger partial charge in [0.05, 0.1) is 4.83 Å². The molecule has 3 nitrogen and oxygen atoms in total. The van der Waals surface area contributed by atoms with Crippen molar-refractivity contribution in [1.82, 2.24) is 9.80 Å². The third-order valence-corrected chi connectivity index (χ3v) is 4.30. The molecule has 2 rings (SSSR count). The quantitative estimate of drug-likeness (QED) is 0.677. The predicted molar refractivity (Wildman–Crippen MR) is 64.2 cm³/mol. The molecule has 0 spiro atoms. The van der Waals surface area contributed by atoms with E-state index in [2.05, 4.69) is 32.8 Å². The first-order chi connectivity index (χ1) is 7.18. The number of carbonyl (C=O) groups excluding carboxylic acids is 1. The fourth-order valence-corrected chi connectivity index (χ4v) is 3.20. The molecule has 2 aliphatic rings. The first-order valence-corrected chi connectivity index (χ1v) is 6.73. The maximum Gasteiger partial charge on any atom is 0.236 e. The minimum atomic E-state index is 0.0680. The maximum atomic E-state index is 12.0. The van der Waals surface area contributed by atoms with Crippen LogP contribution < -0.4 is 0 Å². The van der Waals surface area contributed by atoms with E-state index >= 15 is 0 Å². The zero-order chi connectivity index (χ0) is 10.8. The molecular weight excluding hydrogens is 256 g/mol. The van der Waals surface area contributed by atoms with E-state index in [1.807, 2.05) is 0 Å². The van der Waals surface area contributed by atoms with Gasteiger partial charge in [0, 0.05) is 19.1 Å². The Kier molecular flexibility index (Phi) is 3.67. The molecular formula is C11H19BrN2O. The molecule has 1 amide bonds. The minimum absolute atomic E-state index is 0.0680. The Bertz CT molecular complexity index is 247. The summed E-state index contributed by atoms with van der Waals surface area (Å²) in [4.78, 5) is 16.5. The summed E-state index contributed by atoms with van der Waals surface area (Å²) in [6.45, 7) is 3.18. The van der Waals surface area contributed by atoms with Crippen LogP contribution in [0.1, 0.15) is 25.7 Å². The first kappa shape index (κ1) is 11.4. The van der Waals surface area contributed by atoms with Crippen LogP contribution in [0, 0.1) is 0 Å². The van der Waals surface area contributed by atoms with Crippen LogP contribution in [0.2, 0.25) is 0 Å². The van der Waals surface area contributed by atoms with E-state index in [-0.39, 0.29) is 4.83 Å². The van der Waals surface area contributed by atoms with Gasteiger partial charge in [-0.2, -0.15) is 0 Å². The number of piperidine rings is 2. The number of likely N-dealkylation sites (N-methyl/N-ethyl adjacent to an activating group) is 1. The highest BCUT2D eigenvalue weighted by molar-refractivity contribution is 9.10. The summed E-state index contributed by atoms with van der Waals surface area (Å²) in [5.41, 5.74) is 0. The van der Waals surface area contributed by atoms with Gasteiger partial charge >= 0.3 is 0 Å². The van der Waals surface area contributed by atoms with Crippen molar-refractivity contribution >= 4 is 21.8 Å². The van der Waals surface area contributed by atoms with E-state index < -0.39 is 0 Å². The second kappa shape index (κ2) is 4.83. The van der Waals surface area contributed by atoms with Crippen molar-refractivity contribution in [2.45, 2.75) is 36.6 Å². The number of amides is 1. The molecule has 0 radical (unpaired) electrons. The number of hydrogen-bond acceptors (Lipinski definition) is 2. The van der Waals surface area contributed by atoms with E-state index in [1.165, 1.54) is 19.4 Å². The van der Waals surface area contributed by atoms with Crippen molar-refractivity contribution < 1.29 is 4.79 Å². The number of rotatable bonds is 1. The van der Waals surface area contributed by atoms with Crippen LogP contribution in [0.3, 0.4) is 0 Å². The summed E-state index contributed by atoms with van der Waals surface area (Å²) in [5.74, 6) is 0.307. The van der Waals surface area contributed by atoms with Crippen molar-refractivity contribution in [3.05, 3.63) is 0 Å². The van der Waals surface area contributed by atoms with Gasteiger partial charge in [-0.1, -0.05) is 15.9 Å². The second-order valence-electron chi connectivity index (χ2n) is 4.70. The Labute approximate surface area is 99.9 Å². The molecule has 2 fully saturated rings. The van der Waals surface area contributed by atoms with Crippen molar-refractivity contribution in [2.24, 2.45) is 0 Å². The van der Waals surface area contributed by atoms with Crippen LogP contribution in [-0.2, 0) is 4.79 Å². The van der Waals surface area contributed by atoms with Crippen LogP contribution in [0.4, 0.5) is 0 Å². The summed E-state index contributed by atoms with van der Waals surface area (Å²) < 4.78 is 0. The number of likely N-dealkylation sites (tertiary alicyclic amines) is 2. The zero-order valence-electron chi connectivity index (χ0n) is 9.29. The fraction of sp³-hybridized carbons (Fsp3) is 0.909. The first-order valence-electron chi connectivity index (χ1n) is 5.81. The van der Waals surface area contributed by atoms with Crippen LogP contribution in [0.5, 0.6) is 0 Å². The lowest BCUT2D eigenvalue weighted by molar-refractivity contribution is -0.136. The molecule has 4 heteroatoms. The summed E-state index contributed by atoms with van der Waals surface area (Å²) in [6, 6.07) is 0.455. The molecule has 0 aromatic heterocycles. The molecule has 2 saturated heterocycles. The van der Waals surface area contributed by atoms with Crippen molar-refractivity contribution in [1.29, 1.82) is 0 Å². The third-order valence-electron chi connectivity index (χ3n) is 3.45. The van der Waals surface area contributed by atoms with E-state index in [9.17, 15) is 4.79 Å². The van der Waals surface area contributed by atoms with Gasteiger partial charge in [-0.25, -0.2) is 0 Å². The molecule has 0 N–H and O–H groups in total. The molecule has 2 aliphatic heterocycles. The Hall–Kier alpha value is -0.0900. The van der Waals surface area contributed by atoms with Gasteiger partial charge < -0.3 is 9.80 Å². The highest BCUT2D eigenvalue weighted by atomic mass is 79.9. The van der Waals surface area contributed by atoms with Gasteiger partial charge in [0.25, 0.3) is 0 Å². The molecule has 2 atom stereocenters. The number of halogens is 1. The molecule has 0 aliphatic carbocycles. The number of carbonyl (C=O) groups is 1. The monoisotopic (exact) mass is 274 g/mol. The lowest BCUT2D eigenvalue weighted by atomic mass is 10.0. The smallest absolute Gasteiger partial charge is 0.236 e.